The number of carbonyl (C=O) groups excluding carboxylic acids is 2. The molecule has 240 valence electrons. The molecule has 1 aliphatic rings. The molecule has 0 bridgehead atoms. The van der Waals surface area contributed by atoms with E-state index in [0.29, 0.717) is 12.8 Å². The lowest BCUT2D eigenvalue weighted by Gasteiger charge is -2.30. The van der Waals surface area contributed by atoms with E-state index in [0.717, 1.165) is 6.07 Å². The first kappa shape index (κ1) is 40.7. The number of fused-ring (bicyclic) bond motifs is 1. The number of carboxylic acids is 3. The third kappa shape index (κ3) is 15.5. The zero-order chi connectivity index (χ0) is 33.3. The predicted octanol–water partition coefficient (Wildman–Crippen LogP) is 1.40. The lowest BCUT2D eigenvalue weighted by atomic mass is 9.82. The summed E-state index contributed by atoms with van der Waals surface area (Å²) in [6.07, 6.45) is 0.599. The van der Waals surface area contributed by atoms with E-state index in [1.807, 2.05) is 27.7 Å². The molecule has 0 aliphatic carbocycles. The van der Waals surface area contributed by atoms with Crippen LogP contribution in [0.5, 0.6) is 0 Å². The quantitative estimate of drug-likeness (QED) is 0.0953. The van der Waals surface area contributed by atoms with Crippen molar-refractivity contribution in [3.63, 3.8) is 0 Å². The maximum Gasteiger partial charge on any atom is 0.346 e. The number of benzene rings is 1. The molecule has 2 rings (SSSR count). The van der Waals surface area contributed by atoms with Gasteiger partial charge in [0.15, 0.2) is 0 Å². The molecule has 42 heavy (non-hydrogen) atoms. The number of cyclic esters (lactones) is 2. The van der Waals surface area contributed by atoms with Gasteiger partial charge in [-0.15, -0.1) is 0 Å². The van der Waals surface area contributed by atoms with Crippen molar-refractivity contribution >= 4 is 29.8 Å². The minimum Gasteiger partial charge on any atom is -0.481 e. The minimum absolute atomic E-state index is 0.00917. The molecule has 0 saturated heterocycles. The topological polar surface area (TPSA) is 256 Å². The lowest BCUT2D eigenvalue weighted by molar-refractivity contribution is -0.139. The number of aromatic carboxylic acids is 1. The highest BCUT2D eigenvalue weighted by molar-refractivity contribution is 6.15. The van der Waals surface area contributed by atoms with Crippen LogP contribution >= 0.6 is 0 Å². The van der Waals surface area contributed by atoms with Gasteiger partial charge in [-0.25, -0.2) is 14.4 Å². The number of rotatable bonds is 12. The third-order valence-electron chi connectivity index (χ3n) is 5.91. The molecular weight excluding hydrogens is 560 g/mol. The summed E-state index contributed by atoms with van der Waals surface area (Å²) in [7, 11) is 0. The van der Waals surface area contributed by atoms with E-state index in [1.54, 1.807) is 6.92 Å². The highest BCUT2D eigenvalue weighted by Gasteiger charge is 2.30. The summed E-state index contributed by atoms with van der Waals surface area (Å²) in [4.78, 5) is 52.3. The number of esters is 2. The average Bonchev–Trinajstić information content (AvgIpc) is 3.23. The van der Waals surface area contributed by atoms with Gasteiger partial charge in [0.05, 0.1) is 49.2 Å². The van der Waals surface area contributed by atoms with E-state index in [9.17, 15) is 29.1 Å². The van der Waals surface area contributed by atoms with Crippen LogP contribution in [-0.4, -0.2) is 103 Å². The Kier molecular flexibility index (Phi) is 19.0. The van der Waals surface area contributed by atoms with Crippen molar-refractivity contribution in [2.45, 2.75) is 66.4 Å². The number of carbonyl (C=O) groups is 5. The third-order valence-corrected chi connectivity index (χ3v) is 5.91. The zero-order valence-electron chi connectivity index (χ0n) is 24.6. The molecule has 0 saturated carbocycles. The Hall–Kier alpha value is -3.43. The van der Waals surface area contributed by atoms with Crippen LogP contribution in [0.1, 0.15) is 91.4 Å². The molecule has 1 aromatic carbocycles. The van der Waals surface area contributed by atoms with Crippen LogP contribution in [0, 0.1) is 16.7 Å². The molecular formula is C28H44O14. The van der Waals surface area contributed by atoms with Gasteiger partial charge < -0.3 is 45.6 Å². The van der Waals surface area contributed by atoms with E-state index in [1.165, 1.54) is 12.1 Å². The molecule has 8 N–H and O–H groups in total. The normalized spacial score (nSPS) is 12.8. The van der Waals surface area contributed by atoms with E-state index in [2.05, 4.69) is 4.74 Å². The van der Waals surface area contributed by atoms with E-state index in [-0.39, 0.29) is 67.3 Å². The van der Waals surface area contributed by atoms with Gasteiger partial charge in [0.25, 0.3) is 0 Å². The Morgan fingerprint density at radius 1 is 0.762 bits per heavy atom. The summed E-state index contributed by atoms with van der Waals surface area (Å²) in [5, 5.41) is 68.6. The largest absolute Gasteiger partial charge is 0.481 e. The molecule has 1 atom stereocenters. The summed E-state index contributed by atoms with van der Waals surface area (Å²) in [6.45, 7) is 8.71. The van der Waals surface area contributed by atoms with Gasteiger partial charge in [0.1, 0.15) is 0 Å². The van der Waals surface area contributed by atoms with Gasteiger partial charge in [-0.3, -0.25) is 9.59 Å². The SMILES string of the molecule is CC(C)C(O)C(C)(C)CO.CC(CO)(CO)CO.O=C(O)CCCCC(=O)O.O=C(O)c1ccc2c(c1)C(=O)OC2=O. The molecule has 0 spiro atoms. The maximum absolute atomic E-state index is 11.0. The summed E-state index contributed by atoms with van der Waals surface area (Å²) < 4.78 is 4.30. The second kappa shape index (κ2) is 19.6. The van der Waals surface area contributed by atoms with Crippen LogP contribution in [0.15, 0.2) is 18.2 Å². The molecule has 0 amide bonds. The first-order valence-electron chi connectivity index (χ1n) is 13.0. The molecule has 0 aromatic heterocycles. The second-order valence-electron chi connectivity index (χ2n) is 10.9. The minimum atomic E-state index is -1.15. The summed E-state index contributed by atoms with van der Waals surface area (Å²) >= 11 is 0. The van der Waals surface area contributed by atoms with Crippen molar-refractivity contribution in [2.75, 3.05) is 26.4 Å². The fourth-order valence-electron chi connectivity index (χ4n) is 2.92. The van der Waals surface area contributed by atoms with Crippen molar-refractivity contribution in [2.24, 2.45) is 16.7 Å². The average molecular weight is 605 g/mol. The number of aliphatic hydroxyl groups excluding tert-OH is 5. The number of aliphatic hydroxyl groups is 5. The Labute approximate surface area is 244 Å². The van der Waals surface area contributed by atoms with E-state index >= 15 is 0 Å². The number of carboxylic acid groups (broad SMARTS) is 3. The lowest BCUT2D eigenvalue weighted by Crippen LogP contribution is -2.36. The molecule has 0 radical (unpaired) electrons. The van der Waals surface area contributed by atoms with Gasteiger partial charge in [-0.05, 0) is 37.0 Å². The van der Waals surface area contributed by atoms with Crippen LogP contribution in [-0.2, 0) is 14.3 Å². The standard InChI is InChI=1S/C9H4O5.C8H18O2.C6H10O4.C5H12O3/c10-7(11)4-1-2-5-6(3-4)9(13)14-8(5)12;1-6(2)7(10)8(3,4)5-9;7-5(8)3-1-2-4-6(9)10;1-5(2-6,3-7)4-8/h1-3H,(H,10,11);6-7,9-10H,5H2,1-4H3;1-4H2,(H,7,8)(H,9,10);6-8H,2-4H2,1H3. The van der Waals surface area contributed by atoms with Crippen LogP contribution in [0.25, 0.3) is 0 Å². The number of hydrogen-bond donors (Lipinski definition) is 8. The molecule has 1 aromatic rings. The maximum atomic E-state index is 11.0. The summed E-state index contributed by atoms with van der Waals surface area (Å²) in [5.74, 6) is -4.21. The van der Waals surface area contributed by atoms with Crippen LogP contribution < -0.4 is 0 Å². The first-order valence-corrected chi connectivity index (χ1v) is 13.0. The number of ether oxygens (including phenoxy) is 1. The molecule has 0 fully saturated rings. The van der Waals surface area contributed by atoms with Crippen LogP contribution in [0.4, 0.5) is 0 Å². The number of aliphatic carboxylic acids is 2. The summed E-state index contributed by atoms with van der Waals surface area (Å²) in [6, 6.07) is 3.65. The monoisotopic (exact) mass is 604 g/mol. The van der Waals surface area contributed by atoms with Crippen LogP contribution in [0.3, 0.4) is 0 Å². The molecule has 1 unspecified atom stereocenters. The smallest absolute Gasteiger partial charge is 0.346 e. The molecule has 1 aliphatic heterocycles. The Morgan fingerprint density at radius 3 is 1.48 bits per heavy atom. The Balaban J connectivity index is 0. The Bertz CT molecular complexity index is 1000. The molecule has 14 heteroatoms. The van der Waals surface area contributed by atoms with Crippen molar-refractivity contribution in [3.8, 4) is 0 Å². The fourth-order valence-corrected chi connectivity index (χ4v) is 2.92. The predicted molar refractivity (Wildman–Crippen MR) is 148 cm³/mol. The second-order valence-corrected chi connectivity index (χ2v) is 10.9. The van der Waals surface area contributed by atoms with Gasteiger partial charge in [-0.2, -0.15) is 0 Å². The van der Waals surface area contributed by atoms with Crippen molar-refractivity contribution in [1.82, 2.24) is 0 Å². The van der Waals surface area contributed by atoms with Gasteiger partial charge >= 0.3 is 29.8 Å². The van der Waals surface area contributed by atoms with Crippen LogP contribution in [0.2, 0.25) is 0 Å². The highest BCUT2D eigenvalue weighted by Crippen LogP contribution is 2.24. The Morgan fingerprint density at radius 2 is 1.19 bits per heavy atom. The van der Waals surface area contributed by atoms with E-state index in [4.69, 9.17) is 35.7 Å². The van der Waals surface area contributed by atoms with Crippen molar-refractivity contribution in [3.05, 3.63) is 34.9 Å². The molecule has 1 heterocycles. The van der Waals surface area contributed by atoms with Gasteiger partial charge in [-0.1, -0.05) is 34.6 Å². The molecule has 14 nitrogen and oxygen atoms in total. The fraction of sp³-hybridized carbons (Fsp3) is 0.607. The van der Waals surface area contributed by atoms with Crippen molar-refractivity contribution in [1.29, 1.82) is 0 Å². The van der Waals surface area contributed by atoms with E-state index < -0.39 is 41.4 Å². The van der Waals surface area contributed by atoms with Gasteiger partial charge in [0.2, 0.25) is 0 Å². The number of hydrogen-bond acceptors (Lipinski definition) is 11. The van der Waals surface area contributed by atoms with Gasteiger partial charge in [0, 0.05) is 23.7 Å². The first-order chi connectivity index (χ1) is 19.3. The zero-order valence-corrected chi connectivity index (χ0v) is 24.6. The summed E-state index contributed by atoms with van der Waals surface area (Å²) in [5.41, 5.74) is -1.00. The number of unbranched alkanes of at least 4 members (excludes halogenated alkanes) is 1. The highest BCUT2D eigenvalue weighted by atomic mass is 16.6. The van der Waals surface area contributed by atoms with Crippen molar-refractivity contribution < 1.29 is 69.6 Å².